The molecule has 4 aromatic rings. The number of nitrogens with zero attached hydrogens (tertiary/aromatic N) is 4. The minimum atomic E-state index is 0.395. The summed E-state index contributed by atoms with van der Waals surface area (Å²) in [6.07, 6.45) is 9.15. The van der Waals surface area contributed by atoms with E-state index in [1.54, 1.807) is 6.33 Å². The summed E-state index contributed by atoms with van der Waals surface area (Å²) in [5, 5.41) is 5.83. The van der Waals surface area contributed by atoms with Crippen LogP contribution in [0.25, 0.3) is 27.8 Å². The Morgan fingerprint density at radius 2 is 2.03 bits per heavy atom. The first kappa shape index (κ1) is 24.6. The van der Waals surface area contributed by atoms with E-state index in [2.05, 4.69) is 78.6 Å². The largest absolute Gasteiger partial charge is 0.375 e. The van der Waals surface area contributed by atoms with Crippen LogP contribution in [0.3, 0.4) is 0 Å². The van der Waals surface area contributed by atoms with Gasteiger partial charge in [0.15, 0.2) is 5.65 Å². The molecule has 1 saturated heterocycles. The van der Waals surface area contributed by atoms with Gasteiger partial charge in [0.2, 0.25) is 0 Å². The lowest BCUT2D eigenvalue weighted by Gasteiger charge is -2.35. The van der Waals surface area contributed by atoms with Gasteiger partial charge >= 0.3 is 0 Å². The summed E-state index contributed by atoms with van der Waals surface area (Å²) < 4.78 is 1.93. The summed E-state index contributed by atoms with van der Waals surface area (Å²) in [6, 6.07) is 7.08. The number of benzene rings is 1. The van der Waals surface area contributed by atoms with Crippen LogP contribution in [0, 0.1) is 6.92 Å². The van der Waals surface area contributed by atoms with E-state index in [4.69, 9.17) is 5.73 Å². The molecule has 6 heteroatoms. The van der Waals surface area contributed by atoms with Crippen molar-refractivity contribution in [3.63, 3.8) is 0 Å². The molecule has 3 N–H and O–H groups in total. The third kappa shape index (κ3) is 4.32. The van der Waals surface area contributed by atoms with Crippen molar-refractivity contribution in [1.29, 1.82) is 0 Å². The van der Waals surface area contributed by atoms with Crippen LogP contribution < -0.4 is 5.73 Å². The highest BCUT2D eigenvalue weighted by atomic mass is 15.3. The molecule has 0 saturated carbocycles. The van der Waals surface area contributed by atoms with Crippen molar-refractivity contribution in [2.24, 2.45) is 5.73 Å². The summed E-state index contributed by atoms with van der Waals surface area (Å²) in [4.78, 5) is 10.8. The Hall–Kier alpha value is -3.12. The number of aromatic nitrogens is 4. The number of pyridine rings is 1. The maximum atomic E-state index is 5.75. The first-order valence-electron chi connectivity index (χ1n) is 13.5. The topological polar surface area (TPSA) is 75.2 Å². The Morgan fingerprint density at radius 3 is 2.72 bits per heavy atom. The van der Waals surface area contributed by atoms with Crippen LogP contribution in [0.1, 0.15) is 80.5 Å². The summed E-state index contributed by atoms with van der Waals surface area (Å²) in [5.41, 5.74) is 17.0. The van der Waals surface area contributed by atoms with Crippen LogP contribution in [0.2, 0.25) is 0 Å². The van der Waals surface area contributed by atoms with Crippen LogP contribution >= 0.6 is 0 Å². The van der Waals surface area contributed by atoms with Crippen LogP contribution in [0.5, 0.6) is 0 Å². The molecule has 0 amide bonds. The summed E-state index contributed by atoms with van der Waals surface area (Å²) in [5.74, 6) is 0.978. The van der Waals surface area contributed by atoms with Crippen LogP contribution in [0.4, 0.5) is 0 Å². The molecule has 0 spiro atoms. The molecule has 0 aliphatic carbocycles. The molecule has 5 rings (SSSR count). The number of aryl methyl sites for hydroxylation is 1. The third-order valence-electron chi connectivity index (χ3n) is 7.99. The normalized spacial score (nSPS) is 15.0. The van der Waals surface area contributed by atoms with Gasteiger partial charge in [-0.1, -0.05) is 39.8 Å². The Kier molecular flexibility index (Phi) is 6.89. The van der Waals surface area contributed by atoms with Gasteiger partial charge in [0, 0.05) is 41.4 Å². The van der Waals surface area contributed by atoms with E-state index in [1.807, 2.05) is 4.52 Å². The number of nitrogens with two attached hydrogens (primary N) is 1. The first-order chi connectivity index (χ1) is 17.4. The molecule has 36 heavy (non-hydrogen) atoms. The van der Waals surface area contributed by atoms with E-state index >= 15 is 0 Å². The standard InChI is InChI=1S/C30H40N6/c1-6-7-24-21(5)30-32-18-33-36(30)17-26(24)29-28(19(2)3)25-16-23(8-9-27(25)34-29)22-11-14-35(15-12-22)20(4)10-13-31/h8-9,16-19,22,34H,4,6-7,10-15,31H2,1-3,5H3. The van der Waals surface area contributed by atoms with Gasteiger partial charge < -0.3 is 15.6 Å². The molecule has 0 radical (unpaired) electrons. The van der Waals surface area contributed by atoms with E-state index < -0.39 is 0 Å². The molecule has 6 nitrogen and oxygen atoms in total. The monoisotopic (exact) mass is 484 g/mol. The van der Waals surface area contributed by atoms with Gasteiger partial charge in [0.05, 0.1) is 5.69 Å². The second kappa shape index (κ2) is 10.1. The number of hydrogen-bond acceptors (Lipinski definition) is 4. The fourth-order valence-corrected chi connectivity index (χ4v) is 6.09. The molecule has 1 aliphatic rings. The smallest absolute Gasteiger partial charge is 0.158 e. The fourth-order valence-electron chi connectivity index (χ4n) is 6.09. The number of rotatable bonds is 8. The summed E-state index contributed by atoms with van der Waals surface area (Å²) in [6.45, 7) is 16.1. The van der Waals surface area contributed by atoms with Crippen LogP contribution in [-0.4, -0.2) is 44.1 Å². The molecule has 190 valence electrons. The summed E-state index contributed by atoms with van der Waals surface area (Å²) >= 11 is 0. The zero-order valence-electron chi connectivity index (χ0n) is 22.3. The highest BCUT2D eigenvalue weighted by Crippen LogP contribution is 2.40. The number of piperidine rings is 1. The van der Waals surface area contributed by atoms with Crippen molar-refractivity contribution < 1.29 is 0 Å². The molecule has 0 unspecified atom stereocenters. The summed E-state index contributed by atoms with van der Waals surface area (Å²) in [7, 11) is 0. The molecule has 3 aromatic heterocycles. The lowest BCUT2D eigenvalue weighted by molar-refractivity contribution is 0.257. The molecular formula is C30H40N6. The predicted octanol–water partition coefficient (Wildman–Crippen LogP) is 6.30. The number of fused-ring (bicyclic) bond motifs is 2. The molecule has 1 aliphatic heterocycles. The van der Waals surface area contributed by atoms with Crippen LogP contribution in [0.15, 0.2) is 43.0 Å². The SMILES string of the molecule is C=C(CCN)N1CCC(c2ccc3[nH]c(-c4cn5ncnc5c(C)c4CCC)c(C(C)C)c3c2)CC1. The van der Waals surface area contributed by atoms with Crippen molar-refractivity contribution >= 4 is 16.6 Å². The minimum absolute atomic E-state index is 0.395. The second-order valence-corrected chi connectivity index (χ2v) is 10.7. The van der Waals surface area contributed by atoms with E-state index in [-0.39, 0.29) is 0 Å². The average Bonchev–Trinajstić information content (AvgIpc) is 3.50. The van der Waals surface area contributed by atoms with Gasteiger partial charge in [0.25, 0.3) is 0 Å². The van der Waals surface area contributed by atoms with Crippen LogP contribution in [-0.2, 0) is 6.42 Å². The maximum absolute atomic E-state index is 5.75. The molecule has 1 aromatic carbocycles. The van der Waals surface area contributed by atoms with E-state index in [0.29, 0.717) is 18.4 Å². The Balaban J connectivity index is 1.55. The minimum Gasteiger partial charge on any atom is -0.375 e. The van der Waals surface area contributed by atoms with Gasteiger partial charge in [0.1, 0.15) is 6.33 Å². The Bertz CT molecular complexity index is 1380. The Labute approximate surface area is 214 Å². The zero-order valence-corrected chi connectivity index (χ0v) is 22.3. The van der Waals surface area contributed by atoms with E-state index in [0.717, 1.165) is 50.8 Å². The lowest BCUT2D eigenvalue weighted by atomic mass is 9.87. The fraction of sp³-hybridized carbons (Fsp3) is 0.467. The highest BCUT2D eigenvalue weighted by molar-refractivity contribution is 5.92. The number of H-pyrrole nitrogens is 1. The van der Waals surface area contributed by atoms with Crippen molar-refractivity contribution in [2.45, 2.75) is 71.6 Å². The van der Waals surface area contributed by atoms with Gasteiger partial charge in [-0.15, -0.1) is 0 Å². The predicted molar refractivity (Wildman–Crippen MR) is 149 cm³/mol. The van der Waals surface area contributed by atoms with Gasteiger partial charge in [-0.3, -0.25) is 0 Å². The van der Waals surface area contributed by atoms with E-state index in [1.165, 1.54) is 50.1 Å². The van der Waals surface area contributed by atoms with Crippen molar-refractivity contribution in [1.82, 2.24) is 24.5 Å². The van der Waals surface area contributed by atoms with Gasteiger partial charge in [-0.25, -0.2) is 9.50 Å². The van der Waals surface area contributed by atoms with Gasteiger partial charge in [-0.05, 0) is 85.4 Å². The highest BCUT2D eigenvalue weighted by Gasteiger charge is 2.24. The zero-order chi connectivity index (χ0) is 25.4. The first-order valence-corrected chi connectivity index (χ1v) is 13.5. The maximum Gasteiger partial charge on any atom is 0.158 e. The molecule has 0 atom stereocenters. The van der Waals surface area contributed by atoms with Crippen molar-refractivity contribution in [2.75, 3.05) is 19.6 Å². The second-order valence-electron chi connectivity index (χ2n) is 10.7. The van der Waals surface area contributed by atoms with Crippen molar-refractivity contribution in [3.8, 4) is 11.3 Å². The van der Waals surface area contributed by atoms with E-state index in [9.17, 15) is 0 Å². The number of nitrogens with one attached hydrogen (secondary N) is 1. The average molecular weight is 485 g/mol. The number of likely N-dealkylation sites (tertiary alicyclic amines) is 1. The molecular weight excluding hydrogens is 444 g/mol. The number of hydrogen-bond donors (Lipinski definition) is 2. The molecule has 0 bridgehead atoms. The number of aromatic amines is 1. The third-order valence-corrected chi connectivity index (χ3v) is 7.99. The van der Waals surface area contributed by atoms with Crippen molar-refractivity contribution in [3.05, 3.63) is 65.3 Å². The molecule has 4 heterocycles. The lowest BCUT2D eigenvalue weighted by Crippen LogP contribution is -2.32. The molecule has 1 fully saturated rings. The van der Waals surface area contributed by atoms with Gasteiger partial charge in [-0.2, -0.15) is 5.10 Å². The Morgan fingerprint density at radius 1 is 1.25 bits per heavy atom. The quantitative estimate of drug-likeness (QED) is 0.308.